The summed E-state index contributed by atoms with van der Waals surface area (Å²) in [6.07, 6.45) is 3.19. The zero-order chi connectivity index (χ0) is 19.2. The number of amides is 1. The van der Waals surface area contributed by atoms with E-state index in [1.165, 1.54) is 18.1 Å². The number of hydrogen-bond donors (Lipinski definition) is 0. The number of likely N-dealkylation sites (N-methyl/N-ethyl adjacent to an activating group) is 1. The summed E-state index contributed by atoms with van der Waals surface area (Å²) in [6.45, 7) is 1.72. The van der Waals surface area contributed by atoms with Crippen molar-refractivity contribution in [1.82, 2.24) is 4.90 Å². The maximum atomic E-state index is 12.3. The van der Waals surface area contributed by atoms with Gasteiger partial charge < -0.3 is 14.4 Å². The minimum atomic E-state index is -3.09. The highest BCUT2D eigenvalue weighted by Crippen LogP contribution is 2.19. The Morgan fingerprint density at radius 1 is 1.31 bits per heavy atom. The van der Waals surface area contributed by atoms with Gasteiger partial charge in [-0.1, -0.05) is 18.2 Å². The third-order valence-electron chi connectivity index (χ3n) is 4.19. The summed E-state index contributed by atoms with van der Waals surface area (Å²) in [6, 6.07) is 6.83. The number of sulfone groups is 1. The number of hydrogen-bond acceptors (Lipinski definition) is 6. The standard InChI is InChI=1S/C18H23NO6S/c1-3-19(15-10-11-26(22,23)13-15)17(20)12-25-18(21)9-8-14-6-4-5-7-16(14)24-2/h4-9,15H,3,10-13H2,1-2H3/b9-8+/t15-/m1/s1. The van der Waals surface area contributed by atoms with Gasteiger partial charge in [0.1, 0.15) is 5.75 Å². The molecule has 1 heterocycles. The van der Waals surface area contributed by atoms with Crippen LogP contribution in [0.5, 0.6) is 5.75 Å². The molecule has 7 nitrogen and oxygen atoms in total. The molecule has 1 saturated heterocycles. The summed E-state index contributed by atoms with van der Waals surface area (Å²) >= 11 is 0. The molecule has 1 amide bonds. The molecule has 0 unspecified atom stereocenters. The molecular weight excluding hydrogens is 358 g/mol. The number of ether oxygens (including phenoxy) is 2. The lowest BCUT2D eigenvalue weighted by Gasteiger charge is -2.26. The fraction of sp³-hybridized carbons (Fsp3) is 0.444. The third kappa shape index (κ3) is 5.32. The van der Waals surface area contributed by atoms with Crippen LogP contribution in [0.3, 0.4) is 0 Å². The topological polar surface area (TPSA) is 90.0 Å². The van der Waals surface area contributed by atoms with E-state index in [9.17, 15) is 18.0 Å². The first-order valence-electron chi connectivity index (χ1n) is 8.34. The zero-order valence-corrected chi connectivity index (χ0v) is 15.7. The van der Waals surface area contributed by atoms with Crippen LogP contribution in [0.1, 0.15) is 18.9 Å². The monoisotopic (exact) mass is 381 g/mol. The lowest BCUT2D eigenvalue weighted by molar-refractivity contribution is -0.149. The maximum Gasteiger partial charge on any atom is 0.331 e. The van der Waals surface area contributed by atoms with Crippen LogP contribution in [0, 0.1) is 0 Å². The Balaban J connectivity index is 1.89. The lowest BCUT2D eigenvalue weighted by atomic mass is 10.2. The molecule has 8 heteroatoms. The smallest absolute Gasteiger partial charge is 0.331 e. The van der Waals surface area contributed by atoms with Gasteiger partial charge in [0.25, 0.3) is 5.91 Å². The van der Waals surface area contributed by atoms with E-state index in [0.29, 0.717) is 24.3 Å². The predicted molar refractivity (Wildman–Crippen MR) is 97.4 cm³/mol. The number of carbonyl (C=O) groups is 2. The molecule has 0 radical (unpaired) electrons. The number of methoxy groups -OCH3 is 1. The molecule has 1 aliphatic heterocycles. The van der Waals surface area contributed by atoms with Gasteiger partial charge in [0.05, 0.1) is 18.6 Å². The molecule has 0 saturated carbocycles. The Labute approximate surface area is 153 Å². The number of esters is 1. The van der Waals surface area contributed by atoms with E-state index in [1.807, 2.05) is 12.1 Å². The highest BCUT2D eigenvalue weighted by atomic mass is 32.2. The number of benzene rings is 1. The molecule has 2 rings (SSSR count). The van der Waals surface area contributed by atoms with Crippen LogP contribution in [0.15, 0.2) is 30.3 Å². The van der Waals surface area contributed by atoms with Gasteiger partial charge >= 0.3 is 5.97 Å². The SMILES string of the molecule is CCN(C(=O)COC(=O)/C=C/c1ccccc1OC)[C@@H]1CCS(=O)(=O)C1. The molecule has 0 spiro atoms. The lowest BCUT2D eigenvalue weighted by Crippen LogP contribution is -2.43. The first kappa shape index (κ1) is 20.0. The Bertz CT molecular complexity index is 787. The number of carbonyl (C=O) groups excluding carboxylic acids is 2. The minimum absolute atomic E-state index is 0.0335. The Hall–Kier alpha value is -2.35. The highest BCUT2D eigenvalue weighted by Gasteiger charge is 2.34. The predicted octanol–water partition coefficient (Wildman–Crippen LogP) is 1.29. The number of rotatable bonds is 7. The molecule has 142 valence electrons. The summed E-state index contributed by atoms with van der Waals surface area (Å²) in [5.41, 5.74) is 0.713. The van der Waals surface area contributed by atoms with Gasteiger partial charge in [0.15, 0.2) is 16.4 Å². The van der Waals surface area contributed by atoms with Gasteiger partial charge in [-0.05, 0) is 25.5 Å². The van der Waals surface area contributed by atoms with Crippen molar-refractivity contribution in [3.8, 4) is 5.75 Å². The normalized spacial score (nSPS) is 18.6. The summed E-state index contributed by atoms with van der Waals surface area (Å²) in [7, 11) is -1.55. The van der Waals surface area contributed by atoms with Gasteiger partial charge in [0, 0.05) is 24.2 Å². The van der Waals surface area contributed by atoms with Crippen molar-refractivity contribution >= 4 is 27.8 Å². The maximum absolute atomic E-state index is 12.3. The first-order valence-corrected chi connectivity index (χ1v) is 10.2. The fourth-order valence-corrected chi connectivity index (χ4v) is 4.62. The minimum Gasteiger partial charge on any atom is -0.496 e. The van der Waals surface area contributed by atoms with Gasteiger partial charge in [-0.2, -0.15) is 0 Å². The van der Waals surface area contributed by atoms with Crippen molar-refractivity contribution < 1.29 is 27.5 Å². The molecular formula is C18H23NO6S. The molecule has 1 aromatic carbocycles. The van der Waals surface area contributed by atoms with Gasteiger partial charge in [0.2, 0.25) is 0 Å². The van der Waals surface area contributed by atoms with Gasteiger partial charge in [-0.25, -0.2) is 13.2 Å². The van der Waals surface area contributed by atoms with Crippen LogP contribution in [0.4, 0.5) is 0 Å². The molecule has 1 fully saturated rings. The van der Waals surface area contributed by atoms with E-state index < -0.39 is 28.3 Å². The van der Waals surface area contributed by atoms with Crippen molar-refractivity contribution in [2.45, 2.75) is 19.4 Å². The van der Waals surface area contributed by atoms with Crippen LogP contribution < -0.4 is 4.74 Å². The second kappa shape index (κ2) is 8.84. The molecule has 0 aromatic heterocycles. The Morgan fingerprint density at radius 2 is 2.04 bits per heavy atom. The number of nitrogens with zero attached hydrogens (tertiary/aromatic N) is 1. The molecule has 0 aliphatic carbocycles. The van der Waals surface area contributed by atoms with Crippen LogP contribution in [-0.4, -0.2) is 63.0 Å². The average Bonchev–Trinajstić information content (AvgIpc) is 2.98. The van der Waals surface area contributed by atoms with Crippen molar-refractivity contribution in [3.05, 3.63) is 35.9 Å². The van der Waals surface area contributed by atoms with E-state index >= 15 is 0 Å². The summed E-state index contributed by atoms with van der Waals surface area (Å²) in [5.74, 6) is -0.378. The third-order valence-corrected chi connectivity index (χ3v) is 5.94. The summed E-state index contributed by atoms with van der Waals surface area (Å²) in [4.78, 5) is 25.6. The van der Waals surface area contributed by atoms with Crippen molar-refractivity contribution in [3.63, 3.8) is 0 Å². The second-order valence-electron chi connectivity index (χ2n) is 5.92. The van der Waals surface area contributed by atoms with E-state index in [4.69, 9.17) is 9.47 Å². The van der Waals surface area contributed by atoms with Gasteiger partial charge in [-0.15, -0.1) is 0 Å². The highest BCUT2D eigenvalue weighted by molar-refractivity contribution is 7.91. The average molecular weight is 381 g/mol. The Morgan fingerprint density at radius 3 is 2.65 bits per heavy atom. The largest absolute Gasteiger partial charge is 0.496 e. The number of para-hydroxylation sites is 1. The van der Waals surface area contributed by atoms with E-state index in [0.717, 1.165) is 0 Å². The van der Waals surface area contributed by atoms with Crippen LogP contribution >= 0.6 is 0 Å². The Kier molecular flexibility index (Phi) is 6.79. The molecule has 1 aliphatic rings. The summed E-state index contributed by atoms with van der Waals surface area (Å²) in [5, 5.41) is 0. The quantitative estimate of drug-likeness (QED) is 0.522. The fourth-order valence-electron chi connectivity index (χ4n) is 2.89. The van der Waals surface area contributed by atoms with Crippen LogP contribution in [0.25, 0.3) is 6.08 Å². The first-order chi connectivity index (χ1) is 12.4. The van der Waals surface area contributed by atoms with Gasteiger partial charge in [-0.3, -0.25) is 4.79 Å². The molecule has 0 N–H and O–H groups in total. The molecule has 1 atom stereocenters. The summed E-state index contributed by atoms with van der Waals surface area (Å²) < 4.78 is 33.3. The van der Waals surface area contributed by atoms with Crippen molar-refractivity contribution in [1.29, 1.82) is 0 Å². The second-order valence-corrected chi connectivity index (χ2v) is 8.15. The van der Waals surface area contributed by atoms with E-state index in [2.05, 4.69) is 0 Å². The molecule has 0 bridgehead atoms. The van der Waals surface area contributed by atoms with Crippen LogP contribution in [0.2, 0.25) is 0 Å². The molecule has 26 heavy (non-hydrogen) atoms. The van der Waals surface area contributed by atoms with E-state index in [1.54, 1.807) is 25.1 Å². The van der Waals surface area contributed by atoms with Crippen LogP contribution in [-0.2, 0) is 24.2 Å². The van der Waals surface area contributed by atoms with Crippen molar-refractivity contribution in [2.24, 2.45) is 0 Å². The zero-order valence-electron chi connectivity index (χ0n) is 14.9. The van der Waals surface area contributed by atoms with E-state index in [-0.39, 0.29) is 17.5 Å². The molecule has 1 aromatic rings. The van der Waals surface area contributed by atoms with Crippen molar-refractivity contribution in [2.75, 3.05) is 31.8 Å².